The number of amides is 1. The fourth-order valence-electron chi connectivity index (χ4n) is 6.08. The van der Waals surface area contributed by atoms with Crippen molar-refractivity contribution in [3.8, 4) is 11.5 Å². The van der Waals surface area contributed by atoms with Crippen LogP contribution in [0.3, 0.4) is 0 Å². The summed E-state index contributed by atoms with van der Waals surface area (Å²) in [5.74, 6) is 1.13. The summed E-state index contributed by atoms with van der Waals surface area (Å²) in [5.41, 5.74) is 2.09. The Labute approximate surface area is 284 Å². The van der Waals surface area contributed by atoms with E-state index in [0.29, 0.717) is 11.4 Å². The molecule has 246 valence electrons. The van der Waals surface area contributed by atoms with E-state index in [1.165, 1.54) is 0 Å². The summed E-state index contributed by atoms with van der Waals surface area (Å²) in [6, 6.07) is 36.0. The van der Waals surface area contributed by atoms with Gasteiger partial charge in [-0.25, -0.2) is 4.98 Å². The van der Waals surface area contributed by atoms with Gasteiger partial charge < -0.3 is 29.4 Å². The number of ether oxygens (including phenoxy) is 4. The lowest BCUT2D eigenvalue weighted by atomic mass is 9.80. The molecule has 0 radical (unpaired) electrons. The van der Waals surface area contributed by atoms with Gasteiger partial charge in [0, 0.05) is 17.7 Å². The molecule has 0 bridgehead atoms. The van der Waals surface area contributed by atoms with Gasteiger partial charge in [0.25, 0.3) is 5.91 Å². The lowest BCUT2D eigenvalue weighted by Crippen LogP contribution is -2.38. The van der Waals surface area contributed by atoms with Crippen LogP contribution in [0.15, 0.2) is 121 Å². The van der Waals surface area contributed by atoms with Crippen LogP contribution in [0.25, 0.3) is 0 Å². The number of methoxy groups -OCH3 is 2. The van der Waals surface area contributed by atoms with E-state index in [-0.39, 0.29) is 23.2 Å². The SMILES string of the molecule is COc1ccc(C(OC[C@H]2O[C@@H](n3ccc(NC(=O)c4ccccc4)nc3=S)C(C)C2O)(c2ccccc2)c2ccc(OC)cc2)cc1. The minimum atomic E-state index is -1.07. The summed E-state index contributed by atoms with van der Waals surface area (Å²) in [6.07, 6.45) is -0.449. The quantitative estimate of drug-likeness (QED) is 0.118. The Morgan fingerprint density at radius 3 is 1.94 bits per heavy atom. The Hall–Kier alpha value is -4.87. The molecular formula is C38H37N3O6S. The molecule has 1 fully saturated rings. The van der Waals surface area contributed by atoms with Gasteiger partial charge in [-0.3, -0.25) is 9.36 Å². The zero-order valence-electron chi connectivity index (χ0n) is 26.9. The molecule has 9 nitrogen and oxygen atoms in total. The van der Waals surface area contributed by atoms with Crippen molar-refractivity contribution in [1.82, 2.24) is 9.55 Å². The molecule has 10 heteroatoms. The number of hydrogen-bond donors (Lipinski definition) is 2. The van der Waals surface area contributed by atoms with E-state index < -0.39 is 24.0 Å². The fourth-order valence-corrected chi connectivity index (χ4v) is 6.35. The molecule has 5 aromatic rings. The molecule has 1 aliphatic heterocycles. The Balaban J connectivity index is 1.29. The van der Waals surface area contributed by atoms with E-state index in [0.717, 1.165) is 28.2 Å². The topological polar surface area (TPSA) is 104 Å². The maximum Gasteiger partial charge on any atom is 0.256 e. The van der Waals surface area contributed by atoms with Crippen LogP contribution in [0.5, 0.6) is 11.5 Å². The number of aliphatic hydroxyl groups is 1. The van der Waals surface area contributed by atoms with Gasteiger partial charge in [-0.1, -0.05) is 79.7 Å². The van der Waals surface area contributed by atoms with Crippen molar-refractivity contribution >= 4 is 23.9 Å². The maximum atomic E-state index is 12.7. The van der Waals surface area contributed by atoms with E-state index in [1.54, 1.807) is 55.3 Å². The molecule has 48 heavy (non-hydrogen) atoms. The standard InChI is InChI=1S/C38H37N3O6S/c1-25-34(42)32(47-36(25)41-23-22-33(40-37(41)48)39-35(43)26-10-6-4-7-11-26)24-46-38(27-12-8-5-9-13-27,28-14-18-30(44-2)19-15-28)29-16-20-31(45-3)21-17-29/h4-23,25,32,34,36,42H,24H2,1-3H3,(H,39,40,43,48)/t25?,32-,34?,36-/m1/s1. The van der Waals surface area contributed by atoms with Crippen LogP contribution in [0.4, 0.5) is 5.82 Å². The zero-order valence-corrected chi connectivity index (χ0v) is 27.7. The molecule has 4 aromatic carbocycles. The number of nitrogens with one attached hydrogen (secondary N) is 1. The third kappa shape index (κ3) is 6.61. The summed E-state index contributed by atoms with van der Waals surface area (Å²) < 4.78 is 26.3. The second-order valence-corrected chi connectivity index (χ2v) is 11.9. The minimum Gasteiger partial charge on any atom is -0.497 e. The first kappa shape index (κ1) is 33.0. The van der Waals surface area contributed by atoms with Gasteiger partial charge >= 0.3 is 0 Å². The highest BCUT2D eigenvalue weighted by molar-refractivity contribution is 7.71. The molecule has 2 unspecified atom stereocenters. The molecule has 1 saturated heterocycles. The second-order valence-electron chi connectivity index (χ2n) is 11.6. The number of carbonyl (C=O) groups excluding carboxylic acids is 1. The average molecular weight is 664 g/mol. The molecule has 6 rings (SSSR count). The normalized spacial score (nSPS) is 19.1. The Morgan fingerprint density at radius 2 is 1.40 bits per heavy atom. The molecule has 0 spiro atoms. The van der Waals surface area contributed by atoms with E-state index in [2.05, 4.69) is 10.3 Å². The monoisotopic (exact) mass is 663 g/mol. The van der Waals surface area contributed by atoms with Gasteiger partial charge in [-0.2, -0.15) is 0 Å². The van der Waals surface area contributed by atoms with Crippen LogP contribution in [0.2, 0.25) is 0 Å². The first-order valence-corrected chi connectivity index (χ1v) is 16.0. The predicted octanol–water partition coefficient (Wildman–Crippen LogP) is 6.79. The molecule has 0 saturated carbocycles. The van der Waals surface area contributed by atoms with Crippen molar-refractivity contribution in [2.24, 2.45) is 5.92 Å². The highest BCUT2D eigenvalue weighted by Gasteiger charge is 2.45. The van der Waals surface area contributed by atoms with Crippen molar-refractivity contribution in [1.29, 1.82) is 0 Å². The predicted molar refractivity (Wildman–Crippen MR) is 185 cm³/mol. The maximum absolute atomic E-state index is 12.7. The third-order valence-electron chi connectivity index (χ3n) is 8.70. The van der Waals surface area contributed by atoms with Gasteiger partial charge in [0.1, 0.15) is 35.2 Å². The molecule has 2 heterocycles. The third-order valence-corrected chi connectivity index (χ3v) is 9.00. The van der Waals surface area contributed by atoms with E-state index in [4.69, 9.17) is 31.2 Å². The van der Waals surface area contributed by atoms with Gasteiger partial charge in [0.2, 0.25) is 4.77 Å². The largest absolute Gasteiger partial charge is 0.497 e. The van der Waals surface area contributed by atoms with Crippen molar-refractivity contribution in [2.45, 2.75) is 31.0 Å². The summed E-state index contributed by atoms with van der Waals surface area (Å²) in [4.78, 5) is 17.1. The summed E-state index contributed by atoms with van der Waals surface area (Å²) >= 11 is 5.62. The van der Waals surface area contributed by atoms with E-state index in [1.807, 2.05) is 91.9 Å². The van der Waals surface area contributed by atoms with Crippen LogP contribution < -0.4 is 14.8 Å². The lowest BCUT2D eigenvalue weighted by molar-refractivity contribution is -0.0944. The van der Waals surface area contributed by atoms with Crippen molar-refractivity contribution in [2.75, 3.05) is 26.1 Å². The number of nitrogens with zero attached hydrogens (tertiary/aromatic N) is 2. The average Bonchev–Trinajstić information content (AvgIpc) is 3.42. The molecule has 0 aliphatic carbocycles. The van der Waals surface area contributed by atoms with Gasteiger partial charge in [0.15, 0.2) is 0 Å². The number of benzene rings is 4. The Morgan fingerprint density at radius 1 is 0.854 bits per heavy atom. The van der Waals surface area contributed by atoms with Crippen molar-refractivity contribution in [3.05, 3.63) is 148 Å². The van der Waals surface area contributed by atoms with Crippen LogP contribution >= 0.6 is 12.2 Å². The number of aliphatic hydroxyl groups excluding tert-OH is 1. The van der Waals surface area contributed by atoms with Crippen LogP contribution in [-0.2, 0) is 15.1 Å². The molecular weight excluding hydrogens is 627 g/mol. The van der Waals surface area contributed by atoms with Gasteiger partial charge in [0.05, 0.1) is 26.9 Å². The number of anilines is 1. The van der Waals surface area contributed by atoms with Gasteiger partial charge in [-0.05, 0) is 71.4 Å². The van der Waals surface area contributed by atoms with Gasteiger partial charge in [-0.15, -0.1) is 0 Å². The first-order valence-electron chi connectivity index (χ1n) is 15.6. The Bertz CT molecular complexity index is 1840. The van der Waals surface area contributed by atoms with Crippen LogP contribution in [-0.4, -0.2) is 53.6 Å². The highest BCUT2D eigenvalue weighted by Crippen LogP contribution is 2.43. The molecule has 4 atom stereocenters. The lowest BCUT2D eigenvalue weighted by Gasteiger charge is -2.37. The smallest absolute Gasteiger partial charge is 0.256 e. The molecule has 2 N–H and O–H groups in total. The van der Waals surface area contributed by atoms with Crippen LogP contribution in [0.1, 0.15) is 40.2 Å². The van der Waals surface area contributed by atoms with E-state index >= 15 is 0 Å². The first-order chi connectivity index (χ1) is 23.3. The highest BCUT2D eigenvalue weighted by atomic mass is 32.1. The van der Waals surface area contributed by atoms with Crippen molar-refractivity contribution in [3.63, 3.8) is 0 Å². The van der Waals surface area contributed by atoms with E-state index in [9.17, 15) is 9.90 Å². The summed E-state index contributed by atoms with van der Waals surface area (Å²) in [5, 5.41) is 14.2. The van der Waals surface area contributed by atoms with Crippen molar-refractivity contribution < 1.29 is 28.8 Å². The minimum absolute atomic E-state index is 0.0565. The zero-order chi connectivity index (χ0) is 33.7. The molecule has 1 amide bonds. The second kappa shape index (κ2) is 14.5. The summed E-state index contributed by atoms with van der Waals surface area (Å²) in [7, 11) is 3.26. The number of rotatable bonds is 11. The number of hydrogen-bond acceptors (Lipinski definition) is 8. The molecule has 1 aromatic heterocycles. The van der Waals surface area contributed by atoms with Crippen LogP contribution in [0, 0.1) is 10.7 Å². The summed E-state index contributed by atoms with van der Waals surface area (Å²) in [6.45, 7) is 1.96. The Kier molecular flexibility index (Phi) is 9.98. The fraction of sp³-hybridized carbons (Fsp3) is 0.237. The molecule has 1 aliphatic rings. The number of carbonyl (C=O) groups is 1. The number of aromatic nitrogens is 2.